The summed E-state index contributed by atoms with van der Waals surface area (Å²) in [5, 5.41) is 8.61. The molecule has 0 radical (unpaired) electrons. The molecule has 2 heterocycles. The summed E-state index contributed by atoms with van der Waals surface area (Å²) in [6, 6.07) is 26.6. The number of nitrogens with one attached hydrogen (secondary N) is 1. The molecule has 0 fully saturated rings. The number of rotatable bonds is 3. The molecule has 29 heavy (non-hydrogen) atoms. The van der Waals surface area contributed by atoms with Crippen LogP contribution in [0, 0.1) is 6.92 Å². The lowest BCUT2D eigenvalue weighted by atomic mass is 10.0. The van der Waals surface area contributed by atoms with E-state index in [-0.39, 0.29) is 0 Å². The molecule has 5 aromatic rings. The minimum atomic E-state index is 0.686. The normalized spacial score (nSPS) is 11.1. The Morgan fingerprint density at radius 1 is 0.793 bits per heavy atom. The minimum Gasteiger partial charge on any atom is -0.259 e. The maximum Gasteiger partial charge on any atom is 0.181 e. The third kappa shape index (κ3) is 3.45. The first-order chi connectivity index (χ1) is 14.2. The Morgan fingerprint density at radius 2 is 1.52 bits per heavy atom. The molecule has 5 heteroatoms. The van der Waals surface area contributed by atoms with E-state index in [4.69, 9.17) is 9.97 Å². The van der Waals surface area contributed by atoms with Crippen molar-refractivity contribution in [1.82, 2.24) is 20.2 Å². The van der Waals surface area contributed by atoms with E-state index in [1.807, 2.05) is 42.5 Å². The number of benzene rings is 3. The number of hydrogen-bond acceptors (Lipinski definition) is 3. The van der Waals surface area contributed by atoms with E-state index in [0.717, 1.165) is 43.6 Å². The summed E-state index contributed by atoms with van der Waals surface area (Å²) < 4.78 is 1.04. The van der Waals surface area contributed by atoms with Crippen molar-refractivity contribution in [3.63, 3.8) is 0 Å². The molecular formula is C24H17BrN4. The van der Waals surface area contributed by atoms with Crippen LogP contribution in [0.4, 0.5) is 0 Å². The second-order valence-electron chi connectivity index (χ2n) is 6.95. The van der Waals surface area contributed by atoms with E-state index in [1.165, 1.54) is 5.56 Å². The molecule has 0 aliphatic heterocycles. The molecule has 0 spiro atoms. The largest absolute Gasteiger partial charge is 0.259 e. The van der Waals surface area contributed by atoms with Crippen molar-refractivity contribution in [3.05, 3.63) is 88.9 Å². The fourth-order valence-electron chi connectivity index (χ4n) is 3.35. The number of pyridine rings is 1. The van der Waals surface area contributed by atoms with Crippen molar-refractivity contribution in [3.8, 4) is 34.0 Å². The summed E-state index contributed by atoms with van der Waals surface area (Å²) in [4.78, 5) is 9.64. The third-order valence-electron chi connectivity index (χ3n) is 4.91. The molecule has 2 aromatic heterocycles. The Kier molecular flexibility index (Phi) is 4.45. The SMILES string of the molecule is Cc1ccc(-c2n[nH]c(-c3cc(-c4ccc(Br)cc4)nc4ccccc34)n2)cc1. The highest BCUT2D eigenvalue weighted by molar-refractivity contribution is 9.10. The van der Waals surface area contributed by atoms with E-state index < -0.39 is 0 Å². The highest BCUT2D eigenvalue weighted by atomic mass is 79.9. The number of H-pyrrole nitrogens is 1. The molecule has 0 amide bonds. The molecule has 0 bridgehead atoms. The second-order valence-corrected chi connectivity index (χ2v) is 7.87. The molecule has 4 nitrogen and oxygen atoms in total. The highest BCUT2D eigenvalue weighted by Crippen LogP contribution is 2.31. The van der Waals surface area contributed by atoms with Gasteiger partial charge in [0.25, 0.3) is 0 Å². The topological polar surface area (TPSA) is 54.5 Å². The van der Waals surface area contributed by atoms with E-state index in [2.05, 4.69) is 69.4 Å². The quantitative estimate of drug-likeness (QED) is 0.351. The molecule has 0 unspecified atom stereocenters. The molecule has 0 saturated heterocycles. The Hall–Kier alpha value is -3.31. The van der Waals surface area contributed by atoms with Crippen LogP contribution in [-0.2, 0) is 0 Å². The van der Waals surface area contributed by atoms with Gasteiger partial charge in [-0.2, -0.15) is 5.10 Å². The molecular weight excluding hydrogens is 424 g/mol. The Labute approximate surface area is 176 Å². The first-order valence-corrected chi connectivity index (χ1v) is 10.1. The lowest BCUT2D eigenvalue weighted by Crippen LogP contribution is -1.91. The van der Waals surface area contributed by atoms with Gasteiger partial charge in [-0.15, -0.1) is 0 Å². The smallest absolute Gasteiger partial charge is 0.181 e. The van der Waals surface area contributed by atoms with Crippen LogP contribution in [-0.4, -0.2) is 20.2 Å². The van der Waals surface area contributed by atoms with Crippen LogP contribution in [0.3, 0.4) is 0 Å². The summed E-state index contributed by atoms with van der Waals surface area (Å²) in [6.07, 6.45) is 0. The molecule has 0 atom stereocenters. The first kappa shape index (κ1) is 17.8. The fourth-order valence-corrected chi connectivity index (χ4v) is 3.62. The highest BCUT2D eigenvalue weighted by Gasteiger charge is 2.14. The molecule has 140 valence electrons. The number of nitrogens with zero attached hydrogens (tertiary/aromatic N) is 3. The van der Waals surface area contributed by atoms with Gasteiger partial charge in [0.15, 0.2) is 11.6 Å². The summed E-state index contributed by atoms with van der Waals surface area (Å²) in [7, 11) is 0. The summed E-state index contributed by atoms with van der Waals surface area (Å²) in [5.74, 6) is 1.42. The van der Waals surface area contributed by atoms with Crippen LogP contribution in [0.1, 0.15) is 5.56 Å². The monoisotopic (exact) mass is 440 g/mol. The van der Waals surface area contributed by atoms with Gasteiger partial charge in [0.2, 0.25) is 0 Å². The number of fused-ring (bicyclic) bond motifs is 1. The lowest BCUT2D eigenvalue weighted by Gasteiger charge is -2.08. The predicted molar refractivity (Wildman–Crippen MR) is 120 cm³/mol. The number of aryl methyl sites for hydroxylation is 1. The number of aromatic amines is 1. The van der Waals surface area contributed by atoms with Crippen LogP contribution in [0.15, 0.2) is 83.3 Å². The Morgan fingerprint density at radius 3 is 2.31 bits per heavy atom. The van der Waals surface area contributed by atoms with Gasteiger partial charge in [0.05, 0.1) is 11.2 Å². The average molecular weight is 441 g/mol. The lowest BCUT2D eigenvalue weighted by molar-refractivity contribution is 1.10. The second kappa shape index (κ2) is 7.26. The molecule has 0 aliphatic rings. The average Bonchev–Trinajstić information content (AvgIpc) is 3.24. The van der Waals surface area contributed by atoms with E-state index in [0.29, 0.717) is 5.82 Å². The number of aromatic nitrogens is 4. The van der Waals surface area contributed by atoms with Crippen LogP contribution in [0.25, 0.3) is 44.9 Å². The van der Waals surface area contributed by atoms with Gasteiger partial charge in [-0.25, -0.2) is 9.97 Å². The zero-order valence-electron chi connectivity index (χ0n) is 15.7. The van der Waals surface area contributed by atoms with Crippen molar-refractivity contribution >= 4 is 26.8 Å². The molecule has 0 saturated carbocycles. The zero-order chi connectivity index (χ0) is 19.8. The van der Waals surface area contributed by atoms with Crippen LogP contribution in [0.2, 0.25) is 0 Å². The summed E-state index contributed by atoms with van der Waals surface area (Å²) in [6.45, 7) is 2.07. The molecule has 3 aromatic carbocycles. The van der Waals surface area contributed by atoms with Gasteiger partial charge >= 0.3 is 0 Å². The third-order valence-corrected chi connectivity index (χ3v) is 5.44. The van der Waals surface area contributed by atoms with Gasteiger partial charge in [-0.1, -0.05) is 76.1 Å². The van der Waals surface area contributed by atoms with E-state index in [9.17, 15) is 0 Å². The van der Waals surface area contributed by atoms with Gasteiger partial charge < -0.3 is 0 Å². The van der Waals surface area contributed by atoms with Gasteiger partial charge in [-0.3, -0.25) is 5.10 Å². The minimum absolute atomic E-state index is 0.686. The number of hydrogen-bond donors (Lipinski definition) is 1. The standard InChI is InChI=1S/C24H17BrN4/c1-15-6-8-17(9-7-15)23-27-24(29-28-23)20-14-22(16-10-12-18(25)13-11-16)26-21-5-3-2-4-19(20)21/h2-14H,1H3,(H,27,28,29). The fraction of sp³-hybridized carbons (Fsp3) is 0.0417. The maximum atomic E-state index is 4.86. The van der Waals surface area contributed by atoms with Gasteiger partial charge in [0.1, 0.15) is 0 Å². The molecule has 1 N–H and O–H groups in total. The summed E-state index contributed by atoms with van der Waals surface area (Å²) >= 11 is 3.49. The van der Waals surface area contributed by atoms with Crippen LogP contribution < -0.4 is 0 Å². The van der Waals surface area contributed by atoms with Crippen LogP contribution in [0.5, 0.6) is 0 Å². The van der Waals surface area contributed by atoms with Gasteiger partial charge in [-0.05, 0) is 31.2 Å². The van der Waals surface area contributed by atoms with E-state index >= 15 is 0 Å². The van der Waals surface area contributed by atoms with Crippen molar-refractivity contribution in [1.29, 1.82) is 0 Å². The molecule has 0 aliphatic carbocycles. The van der Waals surface area contributed by atoms with E-state index in [1.54, 1.807) is 0 Å². The van der Waals surface area contributed by atoms with Crippen LogP contribution >= 0.6 is 15.9 Å². The number of halogens is 1. The zero-order valence-corrected chi connectivity index (χ0v) is 17.3. The number of para-hydroxylation sites is 1. The van der Waals surface area contributed by atoms with Crippen molar-refractivity contribution in [2.75, 3.05) is 0 Å². The Balaban J connectivity index is 1.66. The predicted octanol–water partition coefficient (Wildman–Crippen LogP) is 6.42. The maximum absolute atomic E-state index is 4.86. The van der Waals surface area contributed by atoms with Crippen molar-refractivity contribution < 1.29 is 0 Å². The van der Waals surface area contributed by atoms with Crippen molar-refractivity contribution in [2.45, 2.75) is 6.92 Å². The molecule has 5 rings (SSSR count). The summed E-state index contributed by atoms with van der Waals surface area (Å²) in [5.41, 5.74) is 6.07. The first-order valence-electron chi connectivity index (χ1n) is 9.33. The Bertz CT molecular complexity index is 1310. The van der Waals surface area contributed by atoms with Crippen molar-refractivity contribution in [2.24, 2.45) is 0 Å². The van der Waals surface area contributed by atoms with Gasteiger partial charge in [0, 0.05) is 26.5 Å².